The summed E-state index contributed by atoms with van der Waals surface area (Å²) in [5.74, 6) is 0.923. The third-order valence-electron chi connectivity index (χ3n) is 2.91. The predicted octanol–water partition coefficient (Wildman–Crippen LogP) is 4.16. The number of hydrogen-bond acceptors (Lipinski definition) is 3. The van der Waals surface area contributed by atoms with Crippen molar-refractivity contribution in [1.29, 1.82) is 0 Å². The number of aromatic amines is 1. The average Bonchev–Trinajstić information content (AvgIpc) is 2.85. The molecule has 0 saturated heterocycles. The molecule has 1 aromatic heterocycles. The van der Waals surface area contributed by atoms with Crippen molar-refractivity contribution in [3.05, 3.63) is 40.0 Å². The number of rotatable bonds is 6. The van der Waals surface area contributed by atoms with E-state index in [4.69, 9.17) is 0 Å². The Hall–Kier alpha value is -1.27. The van der Waals surface area contributed by atoms with Gasteiger partial charge >= 0.3 is 0 Å². The van der Waals surface area contributed by atoms with E-state index in [1.54, 1.807) is 0 Å². The molecule has 0 aliphatic rings. The fourth-order valence-corrected chi connectivity index (χ4v) is 3.21. The van der Waals surface area contributed by atoms with Crippen molar-refractivity contribution in [3.63, 3.8) is 0 Å². The van der Waals surface area contributed by atoms with Crippen LogP contribution in [0.1, 0.15) is 24.6 Å². The summed E-state index contributed by atoms with van der Waals surface area (Å²) in [5.41, 5.74) is 2.20. The van der Waals surface area contributed by atoms with Gasteiger partial charge in [0.15, 0.2) is 5.82 Å². The second-order valence-corrected chi connectivity index (χ2v) is 6.71. The number of carbonyl (C=O) groups excluding carboxylic acids is 1. The first kappa shape index (κ1) is 16.1. The number of hydrogen-bond donors (Lipinski definition) is 2. The molecular weight excluding hydrogens is 350 g/mol. The third-order valence-corrected chi connectivity index (χ3v) is 4.58. The van der Waals surface area contributed by atoms with Crippen LogP contribution in [-0.2, 0) is 11.2 Å². The smallest absolute Gasteiger partial charge is 0.235 e. The number of thioether (sulfide) groups is 1. The van der Waals surface area contributed by atoms with Crippen molar-refractivity contribution in [1.82, 2.24) is 10.2 Å². The van der Waals surface area contributed by atoms with E-state index in [9.17, 15) is 4.79 Å². The van der Waals surface area contributed by atoms with E-state index in [2.05, 4.69) is 38.4 Å². The van der Waals surface area contributed by atoms with Crippen LogP contribution in [0.25, 0.3) is 0 Å². The van der Waals surface area contributed by atoms with E-state index in [1.165, 1.54) is 11.8 Å². The molecule has 0 radical (unpaired) electrons. The van der Waals surface area contributed by atoms with Crippen LogP contribution >= 0.6 is 27.7 Å². The minimum Gasteiger partial charge on any atom is -0.308 e. The summed E-state index contributed by atoms with van der Waals surface area (Å²) in [5, 5.41) is 9.82. The molecule has 2 rings (SSSR count). The van der Waals surface area contributed by atoms with Gasteiger partial charge in [-0.15, -0.1) is 11.8 Å². The zero-order chi connectivity index (χ0) is 15.2. The highest BCUT2D eigenvalue weighted by molar-refractivity contribution is 9.10. The van der Waals surface area contributed by atoms with Gasteiger partial charge < -0.3 is 5.32 Å². The van der Waals surface area contributed by atoms with Gasteiger partial charge in [0.2, 0.25) is 5.91 Å². The van der Waals surface area contributed by atoms with Crippen LogP contribution in [0.15, 0.2) is 33.6 Å². The molecule has 112 valence electrons. The molecule has 0 saturated carbocycles. The lowest BCUT2D eigenvalue weighted by Gasteiger charge is -2.06. The van der Waals surface area contributed by atoms with E-state index >= 15 is 0 Å². The van der Waals surface area contributed by atoms with Gasteiger partial charge in [-0.2, -0.15) is 5.10 Å². The van der Waals surface area contributed by atoms with Crippen LogP contribution in [0.5, 0.6) is 0 Å². The molecule has 0 aliphatic heterocycles. The Kier molecular flexibility index (Phi) is 5.87. The van der Waals surface area contributed by atoms with Crippen molar-refractivity contribution in [3.8, 4) is 0 Å². The Morgan fingerprint density at radius 3 is 2.95 bits per heavy atom. The molecule has 0 spiro atoms. The average molecular weight is 368 g/mol. The topological polar surface area (TPSA) is 57.8 Å². The minimum absolute atomic E-state index is 0.0446. The van der Waals surface area contributed by atoms with Crippen LogP contribution in [0.3, 0.4) is 0 Å². The number of halogens is 1. The highest BCUT2D eigenvalue weighted by Crippen LogP contribution is 2.25. The van der Waals surface area contributed by atoms with Gasteiger partial charge in [0.05, 0.1) is 5.75 Å². The lowest BCUT2D eigenvalue weighted by molar-refractivity contribution is -0.113. The highest BCUT2D eigenvalue weighted by atomic mass is 79.9. The number of amides is 1. The summed E-state index contributed by atoms with van der Waals surface area (Å²) in [7, 11) is 0. The molecule has 2 N–H and O–H groups in total. The molecule has 0 aliphatic carbocycles. The molecular formula is C15H18BrN3OS. The maximum atomic E-state index is 11.9. The van der Waals surface area contributed by atoms with E-state index in [0.29, 0.717) is 11.6 Å². The summed E-state index contributed by atoms with van der Waals surface area (Å²) in [4.78, 5) is 13.0. The summed E-state index contributed by atoms with van der Waals surface area (Å²) >= 11 is 4.96. The standard InChI is InChI=1S/C15H18BrN3OS/c1-3-4-12-8-14(19-18-12)17-15(20)9-21-13-6-5-11(16)7-10(13)2/h5-8H,3-4,9H2,1-2H3,(H2,17,18,19,20). The molecule has 2 aromatic rings. The molecule has 0 bridgehead atoms. The molecule has 6 heteroatoms. The van der Waals surface area contributed by atoms with Crippen molar-refractivity contribution < 1.29 is 4.79 Å². The second-order valence-electron chi connectivity index (χ2n) is 4.78. The Balaban J connectivity index is 1.86. The van der Waals surface area contributed by atoms with Gasteiger partial charge in [-0.05, 0) is 37.1 Å². The third kappa shape index (κ3) is 4.89. The van der Waals surface area contributed by atoms with E-state index in [1.807, 2.05) is 31.2 Å². The van der Waals surface area contributed by atoms with Crippen LogP contribution in [0, 0.1) is 6.92 Å². The lowest BCUT2D eigenvalue weighted by Crippen LogP contribution is -2.14. The highest BCUT2D eigenvalue weighted by Gasteiger charge is 2.08. The Labute approximate surface area is 137 Å². The number of aromatic nitrogens is 2. The van der Waals surface area contributed by atoms with E-state index in [-0.39, 0.29) is 5.91 Å². The van der Waals surface area contributed by atoms with Gasteiger partial charge in [0, 0.05) is 21.1 Å². The van der Waals surface area contributed by atoms with Gasteiger partial charge in [0.25, 0.3) is 0 Å². The van der Waals surface area contributed by atoms with Crippen molar-refractivity contribution in [2.24, 2.45) is 0 Å². The van der Waals surface area contributed by atoms with Crippen LogP contribution in [0.4, 0.5) is 5.82 Å². The quantitative estimate of drug-likeness (QED) is 0.753. The fraction of sp³-hybridized carbons (Fsp3) is 0.333. The zero-order valence-electron chi connectivity index (χ0n) is 12.1. The van der Waals surface area contributed by atoms with E-state index < -0.39 is 0 Å². The number of benzene rings is 1. The first-order valence-electron chi connectivity index (χ1n) is 6.81. The molecule has 0 atom stereocenters. The zero-order valence-corrected chi connectivity index (χ0v) is 14.5. The Morgan fingerprint density at radius 2 is 2.24 bits per heavy atom. The molecule has 0 unspecified atom stereocenters. The molecule has 21 heavy (non-hydrogen) atoms. The maximum absolute atomic E-state index is 11.9. The molecule has 1 heterocycles. The fourth-order valence-electron chi connectivity index (χ4n) is 1.92. The number of anilines is 1. The number of H-pyrrole nitrogens is 1. The summed E-state index contributed by atoms with van der Waals surface area (Å²) in [6, 6.07) is 7.94. The predicted molar refractivity (Wildman–Crippen MR) is 90.8 cm³/mol. The molecule has 4 nitrogen and oxygen atoms in total. The Bertz CT molecular complexity index is 627. The largest absolute Gasteiger partial charge is 0.308 e. The lowest BCUT2D eigenvalue weighted by atomic mass is 10.2. The maximum Gasteiger partial charge on any atom is 0.235 e. The minimum atomic E-state index is -0.0446. The number of nitrogens with zero attached hydrogens (tertiary/aromatic N) is 1. The summed E-state index contributed by atoms with van der Waals surface area (Å²) < 4.78 is 1.05. The summed E-state index contributed by atoms with van der Waals surface area (Å²) in [6.45, 7) is 4.14. The van der Waals surface area contributed by atoms with Crippen LogP contribution in [-0.4, -0.2) is 21.9 Å². The van der Waals surface area contributed by atoms with Crippen molar-refractivity contribution >= 4 is 39.4 Å². The second kappa shape index (κ2) is 7.66. The van der Waals surface area contributed by atoms with Gasteiger partial charge in [-0.25, -0.2) is 0 Å². The van der Waals surface area contributed by atoms with Gasteiger partial charge in [-0.3, -0.25) is 9.89 Å². The normalized spacial score (nSPS) is 10.6. The number of aryl methyl sites for hydroxylation is 2. The molecule has 1 aromatic carbocycles. The number of carbonyl (C=O) groups is 1. The van der Waals surface area contributed by atoms with Gasteiger partial charge in [0.1, 0.15) is 0 Å². The van der Waals surface area contributed by atoms with Crippen molar-refractivity contribution in [2.45, 2.75) is 31.6 Å². The monoisotopic (exact) mass is 367 g/mol. The molecule has 1 amide bonds. The summed E-state index contributed by atoms with van der Waals surface area (Å²) in [6.07, 6.45) is 1.99. The SMILES string of the molecule is CCCc1cc(NC(=O)CSc2ccc(Br)cc2C)n[nH]1. The van der Waals surface area contributed by atoms with Crippen LogP contribution < -0.4 is 5.32 Å². The number of nitrogens with one attached hydrogen (secondary N) is 2. The first-order valence-corrected chi connectivity index (χ1v) is 8.59. The van der Waals surface area contributed by atoms with Gasteiger partial charge in [-0.1, -0.05) is 29.3 Å². The molecule has 0 fully saturated rings. The van der Waals surface area contributed by atoms with Crippen molar-refractivity contribution in [2.75, 3.05) is 11.1 Å². The Morgan fingerprint density at radius 1 is 1.43 bits per heavy atom. The first-order chi connectivity index (χ1) is 10.1. The van der Waals surface area contributed by atoms with E-state index in [0.717, 1.165) is 33.5 Å². The van der Waals surface area contributed by atoms with Crippen LogP contribution in [0.2, 0.25) is 0 Å².